The average Bonchev–Trinajstić information content (AvgIpc) is 2.86. The van der Waals surface area contributed by atoms with Crippen LogP contribution in [0, 0.1) is 0 Å². The molecule has 0 spiro atoms. The van der Waals surface area contributed by atoms with Gasteiger partial charge in [0, 0.05) is 30.8 Å². The summed E-state index contributed by atoms with van der Waals surface area (Å²) in [5, 5.41) is 3.27. The Hall–Kier alpha value is -1.27. The van der Waals surface area contributed by atoms with Gasteiger partial charge in [0.2, 0.25) is 0 Å². The molecule has 0 amide bonds. The van der Waals surface area contributed by atoms with Crippen molar-refractivity contribution in [1.82, 2.24) is 10.2 Å². The SMILES string of the molecule is CCCNCc1occc1CN1CC=C(C(F)(F)F)CC1. The fraction of sp³-hybridized carbons (Fsp3) is 0.600. The van der Waals surface area contributed by atoms with Crippen molar-refractivity contribution in [2.45, 2.75) is 39.0 Å². The van der Waals surface area contributed by atoms with Gasteiger partial charge in [-0.25, -0.2) is 0 Å². The number of halogens is 3. The lowest BCUT2D eigenvalue weighted by Crippen LogP contribution is -2.31. The molecular formula is C15H21F3N2O. The second-order valence-electron chi connectivity index (χ2n) is 5.26. The Morgan fingerprint density at radius 3 is 2.81 bits per heavy atom. The summed E-state index contributed by atoms with van der Waals surface area (Å²) >= 11 is 0. The largest absolute Gasteiger partial charge is 0.468 e. The van der Waals surface area contributed by atoms with Crippen molar-refractivity contribution in [2.24, 2.45) is 0 Å². The number of furan rings is 1. The number of nitrogens with one attached hydrogen (secondary N) is 1. The second-order valence-corrected chi connectivity index (χ2v) is 5.26. The number of nitrogens with zero attached hydrogens (tertiary/aromatic N) is 1. The van der Waals surface area contributed by atoms with Crippen molar-refractivity contribution < 1.29 is 17.6 Å². The molecule has 1 aromatic rings. The molecule has 2 heterocycles. The van der Waals surface area contributed by atoms with Gasteiger partial charge < -0.3 is 9.73 Å². The van der Waals surface area contributed by atoms with E-state index in [-0.39, 0.29) is 6.42 Å². The van der Waals surface area contributed by atoms with Gasteiger partial charge in [-0.3, -0.25) is 4.90 Å². The molecule has 0 saturated heterocycles. The van der Waals surface area contributed by atoms with E-state index in [2.05, 4.69) is 12.2 Å². The van der Waals surface area contributed by atoms with Gasteiger partial charge in [0.05, 0.1) is 12.8 Å². The molecule has 0 atom stereocenters. The van der Waals surface area contributed by atoms with Crippen LogP contribution in [0.5, 0.6) is 0 Å². The molecule has 1 aliphatic rings. The van der Waals surface area contributed by atoms with Crippen molar-refractivity contribution in [1.29, 1.82) is 0 Å². The number of hydrogen-bond acceptors (Lipinski definition) is 3. The molecule has 0 aliphatic carbocycles. The number of rotatable bonds is 6. The van der Waals surface area contributed by atoms with Crippen molar-refractivity contribution in [3.63, 3.8) is 0 Å². The van der Waals surface area contributed by atoms with E-state index < -0.39 is 11.7 Å². The highest BCUT2D eigenvalue weighted by Gasteiger charge is 2.34. The lowest BCUT2D eigenvalue weighted by Gasteiger charge is -2.27. The zero-order chi connectivity index (χ0) is 15.3. The Morgan fingerprint density at radius 2 is 2.19 bits per heavy atom. The van der Waals surface area contributed by atoms with Crippen LogP contribution < -0.4 is 5.32 Å². The molecule has 0 saturated carbocycles. The Morgan fingerprint density at radius 1 is 1.38 bits per heavy atom. The highest BCUT2D eigenvalue weighted by atomic mass is 19.4. The molecule has 1 aromatic heterocycles. The zero-order valence-corrected chi connectivity index (χ0v) is 12.2. The van der Waals surface area contributed by atoms with Gasteiger partial charge in [-0.15, -0.1) is 0 Å². The monoisotopic (exact) mass is 302 g/mol. The summed E-state index contributed by atoms with van der Waals surface area (Å²) in [6, 6.07) is 1.89. The molecule has 2 rings (SSSR count). The van der Waals surface area contributed by atoms with Gasteiger partial charge >= 0.3 is 6.18 Å². The molecule has 3 nitrogen and oxygen atoms in total. The molecule has 1 aliphatic heterocycles. The van der Waals surface area contributed by atoms with Gasteiger partial charge in [0.1, 0.15) is 5.76 Å². The van der Waals surface area contributed by atoms with E-state index in [0.29, 0.717) is 26.2 Å². The van der Waals surface area contributed by atoms with Crippen LogP contribution in [0.25, 0.3) is 0 Å². The summed E-state index contributed by atoms with van der Waals surface area (Å²) in [6.07, 6.45) is -0.146. The normalized spacial score (nSPS) is 17.0. The molecule has 0 bridgehead atoms. The van der Waals surface area contributed by atoms with Gasteiger partial charge in [-0.05, 0) is 25.5 Å². The van der Waals surface area contributed by atoms with Crippen molar-refractivity contribution in [2.75, 3.05) is 19.6 Å². The van der Waals surface area contributed by atoms with Crippen molar-refractivity contribution >= 4 is 0 Å². The minimum Gasteiger partial charge on any atom is -0.468 e. The number of alkyl halides is 3. The Balaban J connectivity index is 1.89. The Kier molecular flexibility index (Phi) is 5.47. The van der Waals surface area contributed by atoms with Crippen molar-refractivity contribution in [3.05, 3.63) is 35.3 Å². The lowest BCUT2D eigenvalue weighted by molar-refractivity contribution is -0.0960. The van der Waals surface area contributed by atoms with E-state index in [9.17, 15) is 13.2 Å². The molecule has 118 valence electrons. The van der Waals surface area contributed by atoms with E-state index in [1.54, 1.807) is 6.26 Å². The predicted octanol–water partition coefficient (Wildman–Crippen LogP) is 3.47. The van der Waals surface area contributed by atoms with Crippen LogP contribution in [-0.2, 0) is 13.1 Å². The maximum atomic E-state index is 12.6. The van der Waals surface area contributed by atoms with Gasteiger partial charge in [-0.2, -0.15) is 13.2 Å². The summed E-state index contributed by atoms with van der Waals surface area (Å²) in [6.45, 7) is 5.06. The lowest BCUT2D eigenvalue weighted by atomic mass is 10.1. The summed E-state index contributed by atoms with van der Waals surface area (Å²) in [4.78, 5) is 2.00. The Bertz CT molecular complexity index is 480. The minimum absolute atomic E-state index is 0.0603. The number of hydrogen-bond donors (Lipinski definition) is 1. The highest BCUT2D eigenvalue weighted by molar-refractivity contribution is 5.19. The van der Waals surface area contributed by atoms with E-state index >= 15 is 0 Å². The Labute approximate surface area is 122 Å². The third-order valence-corrected chi connectivity index (χ3v) is 3.60. The first kappa shape index (κ1) is 16.1. The molecule has 0 aromatic carbocycles. The van der Waals surface area contributed by atoms with E-state index in [1.165, 1.54) is 6.08 Å². The third kappa shape index (κ3) is 4.61. The second kappa shape index (κ2) is 7.13. The molecule has 0 radical (unpaired) electrons. The summed E-state index contributed by atoms with van der Waals surface area (Å²) in [5.41, 5.74) is 0.637. The van der Waals surface area contributed by atoms with Crippen LogP contribution in [0.2, 0.25) is 0 Å². The fourth-order valence-electron chi connectivity index (χ4n) is 2.39. The van der Waals surface area contributed by atoms with E-state index in [1.807, 2.05) is 11.0 Å². The first-order valence-corrected chi connectivity index (χ1v) is 7.25. The molecule has 0 fully saturated rings. The van der Waals surface area contributed by atoms with Crippen LogP contribution >= 0.6 is 0 Å². The van der Waals surface area contributed by atoms with Crippen LogP contribution in [0.4, 0.5) is 13.2 Å². The summed E-state index contributed by atoms with van der Waals surface area (Å²) in [7, 11) is 0. The van der Waals surface area contributed by atoms with Crippen LogP contribution in [-0.4, -0.2) is 30.7 Å². The minimum atomic E-state index is -4.18. The van der Waals surface area contributed by atoms with Gasteiger partial charge in [0.25, 0.3) is 0 Å². The molecule has 21 heavy (non-hydrogen) atoms. The molecule has 0 unspecified atom stereocenters. The summed E-state index contributed by atoms with van der Waals surface area (Å²) in [5.74, 6) is 0.869. The zero-order valence-electron chi connectivity index (χ0n) is 12.2. The van der Waals surface area contributed by atoms with Crippen LogP contribution in [0.1, 0.15) is 31.1 Å². The van der Waals surface area contributed by atoms with E-state index in [4.69, 9.17) is 4.42 Å². The smallest absolute Gasteiger partial charge is 0.412 e. The third-order valence-electron chi connectivity index (χ3n) is 3.60. The maximum Gasteiger partial charge on any atom is 0.412 e. The highest BCUT2D eigenvalue weighted by Crippen LogP contribution is 2.30. The topological polar surface area (TPSA) is 28.4 Å². The average molecular weight is 302 g/mol. The van der Waals surface area contributed by atoms with Crippen LogP contribution in [0.15, 0.2) is 28.4 Å². The predicted molar refractivity (Wildman–Crippen MR) is 74.7 cm³/mol. The van der Waals surface area contributed by atoms with Crippen LogP contribution in [0.3, 0.4) is 0 Å². The van der Waals surface area contributed by atoms with E-state index in [0.717, 1.165) is 24.3 Å². The van der Waals surface area contributed by atoms with Gasteiger partial charge in [0.15, 0.2) is 0 Å². The summed E-state index contributed by atoms with van der Waals surface area (Å²) < 4.78 is 43.2. The van der Waals surface area contributed by atoms with Gasteiger partial charge in [-0.1, -0.05) is 13.0 Å². The standard InChI is InChI=1S/C15H21F3N2O/c1-2-6-19-10-14-12(5-9-21-14)11-20-7-3-13(4-8-20)15(16,17)18/h3,5,9,19H,2,4,6-8,10-11H2,1H3. The molecule has 6 heteroatoms. The fourth-order valence-corrected chi connectivity index (χ4v) is 2.39. The first-order chi connectivity index (χ1) is 10.0. The maximum absolute atomic E-state index is 12.6. The molecular weight excluding hydrogens is 281 g/mol. The van der Waals surface area contributed by atoms with Crippen molar-refractivity contribution in [3.8, 4) is 0 Å². The first-order valence-electron chi connectivity index (χ1n) is 7.25. The molecule has 1 N–H and O–H groups in total. The quantitative estimate of drug-likeness (QED) is 0.644.